The van der Waals surface area contributed by atoms with Crippen molar-refractivity contribution in [2.24, 2.45) is 0 Å². The lowest BCUT2D eigenvalue weighted by molar-refractivity contribution is 0.218. The highest BCUT2D eigenvalue weighted by Crippen LogP contribution is 2.25. The highest BCUT2D eigenvalue weighted by molar-refractivity contribution is 5.34. The molecule has 0 radical (unpaired) electrons. The van der Waals surface area contributed by atoms with Crippen LogP contribution in [0, 0.1) is 5.82 Å². The minimum Gasteiger partial charge on any atom is -0.494 e. The molecule has 0 aliphatic carbocycles. The topological polar surface area (TPSA) is 42.4 Å². The van der Waals surface area contributed by atoms with Gasteiger partial charge >= 0.3 is 0 Å². The summed E-state index contributed by atoms with van der Waals surface area (Å²) in [5, 5.41) is 10.2. The van der Waals surface area contributed by atoms with Crippen LogP contribution in [0.1, 0.15) is 30.6 Å². The molecule has 1 unspecified atom stereocenters. The van der Waals surface area contributed by atoms with E-state index in [2.05, 4.69) is 4.98 Å². The molecule has 4 heteroatoms. The fourth-order valence-electron chi connectivity index (χ4n) is 1.76. The molecule has 2 aromatic rings. The monoisotopic (exact) mass is 261 g/mol. The zero-order valence-electron chi connectivity index (χ0n) is 10.7. The fraction of sp³-hybridized carbons (Fsp3) is 0.267. The number of aliphatic hydroxyl groups excluding tert-OH is 1. The number of aliphatic hydroxyl groups is 1. The quantitative estimate of drug-likeness (QED) is 0.899. The van der Waals surface area contributed by atoms with E-state index in [9.17, 15) is 9.50 Å². The van der Waals surface area contributed by atoms with Crippen LogP contribution < -0.4 is 4.74 Å². The van der Waals surface area contributed by atoms with Crippen LogP contribution in [-0.2, 0) is 0 Å². The van der Waals surface area contributed by atoms with Crippen molar-refractivity contribution in [3.63, 3.8) is 0 Å². The van der Waals surface area contributed by atoms with E-state index in [-0.39, 0.29) is 0 Å². The highest BCUT2D eigenvalue weighted by Gasteiger charge is 2.12. The van der Waals surface area contributed by atoms with Crippen LogP contribution in [0.25, 0.3) is 0 Å². The molecule has 0 aliphatic rings. The third-order valence-electron chi connectivity index (χ3n) is 2.69. The molecule has 19 heavy (non-hydrogen) atoms. The Bertz CT molecular complexity index is 545. The first-order valence-corrected chi connectivity index (χ1v) is 6.22. The van der Waals surface area contributed by atoms with Gasteiger partial charge in [-0.25, -0.2) is 4.39 Å². The molecule has 1 heterocycles. The molecule has 3 nitrogen and oxygen atoms in total. The van der Waals surface area contributed by atoms with Gasteiger partial charge in [0.25, 0.3) is 0 Å². The van der Waals surface area contributed by atoms with E-state index in [0.717, 1.165) is 12.6 Å². The molecule has 1 aromatic carbocycles. The smallest absolute Gasteiger partial charge is 0.141 e. The Morgan fingerprint density at radius 1 is 1.26 bits per heavy atom. The number of hydrogen-bond acceptors (Lipinski definition) is 3. The second kappa shape index (κ2) is 6.29. The fourth-order valence-corrected chi connectivity index (χ4v) is 1.76. The van der Waals surface area contributed by atoms with Crippen molar-refractivity contribution < 1.29 is 14.2 Å². The number of rotatable bonds is 5. The van der Waals surface area contributed by atoms with Crippen molar-refractivity contribution in [1.29, 1.82) is 0 Å². The predicted octanol–water partition coefficient (Wildman–Crippen LogP) is 3.09. The molecule has 100 valence electrons. The SMILES string of the molecule is CCCOc1cccc(C(O)c2cncc(F)c2)c1. The maximum Gasteiger partial charge on any atom is 0.141 e. The van der Waals surface area contributed by atoms with Gasteiger partial charge in [0.2, 0.25) is 0 Å². The van der Waals surface area contributed by atoms with Crippen LogP contribution in [0.15, 0.2) is 42.7 Å². The van der Waals surface area contributed by atoms with Gasteiger partial charge in [0.15, 0.2) is 0 Å². The van der Waals surface area contributed by atoms with Crippen molar-refractivity contribution in [2.75, 3.05) is 6.61 Å². The Morgan fingerprint density at radius 3 is 2.84 bits per heavy atom. The molecule has 0 spiro atoms. The summed E-state index contributed by atoms with van der Waals surface area (Å²) in [6.07, 6.45) is 2.57. The number of benzene rings is 1. The summed E-state index contributed by atoms with van der Waals surface area (Å²) in [5.74, 6) is 0.234. The number of hydrogen-bond donors (Lipinski definition) is 1. The lowest BCUT2D eigenvalue weighted by Gasteiger charge is -2.13. The Balaban J connectivity index is 2.21. The summed E-state index contributed by atoms with van der Waals surface area (Å²) in [6.45, 7) is 2.65. The van der Waals surface area contributed by atoms with Crippen molar-refractivity contribution >= 4 is 0 Å². The molecule has 2 rings (SSSR count). The van der Waals surface area contributed by atoms with Crippen molar-refractivity contribution in [2.45, 2.75) is 19.4 Å². The van der Waals surface area contributed by atoms with Crippen LogP contribution in [0.3, 0.4) is 0 Å². The first-order chi connectivity index (χ1) is 9.20. The summed E-state index contributed by atoms with van der Waals surface area (Å²) in [4.78, 5) is 3.74. The molecule has 1 N–H and O–H groups in total. The number of nitrogens with zero attached hydrogens (tertiary/aromatic N) is 1. The second-order valence-corrected chi connectivity index (χ2v) is 4.26. The normalized spacial score (nSPS) is 12.2. The van der Waals surface area contributed by atoms with Gasteiger partial charge in [-0.1, -0.05) is 19.1 Å². The number of aromatic nitrogens is 1. The highest BCUT2D eigenvalue weighted by atomic mass is 19.1. The summed E-state index contributed by atoms with van der Waals surface area (Å²) < 4.78 is 18.6. The predicted molar refractivity (Wildman–Crippen MR) is 70.5 cm³/mol. The van der Waals surface area contributed by atoms with Gasteiger partial charge < -0.3 is 9.84 Å². The third kappa shape index (κ3) is 3.51. The van der Waals surface area contributed by atoms with Gasteiger partial charge in [0, 0.05) is 11.8 Å². The van der Waals surface area contributed by atoms with Crippen molar-refractivity contribution in [3.8, 4) is 5.75 Å². The van der Waals surface area contributed by atoms with Gasteiger partial charge in [-0.15, -0.1) is 0 Å². The van der Waals surface area contributed by atoms with Crippen LogP contribution >= 0.6 is 0 Å². The molecular formula is C15H16FNO2. The summed E-state index contributed by atoms with van der Waals surface area (Å²) in [7, 11) is 0. The van der Waals surface area contributed by atoms with Crippen LogP contribution in [0.2, 0.25) is 0 Å². The Labute approximate surface area is 111 Å². The molecule has 1 atom stereocenters. The second-order valence-electron chi connectivity index (χ2n) is 4.26. The summed E-state index contributed by atoms with van der Waals surface area (Å²) in [6, 6.07) is 8.43. The van der Waals surface area contributed by atoms with E-state index >= 15 is 0 Å². The lowest BCUT2D eigenvalue weighted by Crippen LogP contribution is -2.02. The van der Waals surface area contributed by atoms with Gasteiger partial charge in [-0.3, -0.25) is 4.98 Å². The molecule has 0 amide bonds. The number of pyridine rings is 1. The molecule has 1 aromatic heterocycles. The van der Waals surface area contributed by atoms with E-state index in [1.54, 1.807) is 18.2 Å². The summed E-state index contributed by atoms with van der Waals surface area (Å²) >= 11 is 0. The zero-order valence-corrected chi connectivity index (χ0v) is 10.7. The van der Waals surface area contributed by atoms with E-state index < -0.39 is 11.9 Å². The number of ether oxygens (including phenoxy) is 1. The lowest BCUT2D eigenvalue weighted by atomic mass is 10.0. The van der Waals surface area contributed by atoms with Gasteiger partial charge in [0.05, 0.1) is 12.8 Å². The summed E-state index contributed by atoms with van der Waals surface area (Å²) in [5.41, 5.74) is 1.08. The molecule has 0 bridgehead atoms. The van der Waals surface area contributed by atoms with Gasteiger partial charge in [-0.05, 0) is 30.2 Å². The van der Waals surface area contributed by atoms with Crippen LogP contribution in [0.5, 0.6) is 5.75 Å². The largest absolute Gasteiger partial charge is 0.494 e. The Kier molecular flexibility index (Phi) is 4.47. The average Bonchev–Trinajstić information content (AvgIpc) is 2.44. The molecule has 0 saturated heterocycles. The van der Waals surface area contributed by atoms with Crippen molar-refractivity contribution in [3.05, 3.63) is 59.7 Å². The minimum absolute atomic E-state index is 0.424. The Hall–Kier alpha value is -1.94. The van der Waals surface area contributed by atoms with Crippen molar-refractivity contribution in [1.82, 2.24) is 4.98 Å². The van der Waals surface area contributed by atoms with E-state index in [1.165, 1.54) is 12.3 Å². The van der Waals surface area contributed by atoms with E-state index in [0.29, 0.717) is 23.5 Å². The molecule has 0 saturated carbocycles. The van der Waals surface area contributed by atoms with Gasteiger partial charge in [0.1, 0.15) is 17.7 Å². The van der Waals surface area contributed by atoms with Gasteiger partial charge in [-0.2, -0.15) is 0 Å². The molecule has 0 fully saturated rings. The Morgan fingerprint density at radius 2 is 2.11 bits per heavy atom. The average molecular weight is 261 g/mol. The maximum absolute atomic E-state index is 13.1. The number of halogens is 1. The standard InChI is InChI=1S/C15H16FNO2/c1-2-6-19-14-5-3-4-11(8-14)15(18)12-7-13(16)10-17-9-12/h3-5,7-10,15,18H,2,6H2,1H3. The first-order valence-electron chi connectivity index (χ1n) is 6.22. The van der Waals surface area contributed by atoms with E-state index in [4.69, 9.17) is 4.74 Å². The molecule has 0 aliphatic heterocycles. The zero-order chi connectivity index (χ0) is 13.7. The molecular weight excluding hydrogens is 245 g/mol. The maximum atomic E-state index is 13.1. The van der Waals surface area contributed by atoms with E-state index in [1.807, 2.05) is 13.0 Å². The first kappa shape index (κ1) is 13.5. The third-order valence-corrected chi connectivity index (χ3v) is 2.69. The minimum atomic E-state index is -0.909. The van der Waals surface area contributed by atoms with Crippen LogP contribution in [0.4, 0.5) is 4.39 Å². The van der Waals surface area contributed by atoms with Crippen LogP contribution in [-0.4, -0.2) is 16.7 Å².